The number of hydrogen-bond acceptors (Lipinski definition) is 7. The SMILES string of the molecule is c1ccc2sc(-c3ccc4c5ccccc5n(-c5cc(-c6ccc(-c7nccs7)cn6)ccc5-c5nccs5)c4c3)nc2c1. The molecule has 0 fully saturated rings. The highest BCUT2D eigenvalue weighted by atomic mass is 32.1. The Balaban J connectivity index is 1.28. The Morgan fingerprint density at radius 3 is 2.16 bits per heavy atom. The van der Waals surface area contributed by atoms with Crippen molar-refractivity contribution < 1.29 is 0 Å². The van der Waals surface area contributed by atoms with Crippen LogP contribution in [0.5, 0.6) is 0 Å². The zero-order valence-corrected chi connectivity index (χ0v) is 25.5. The van der Waals surface area contributed by atoms with Gasteiger partial charge in [-0.15, -0.1) is 34.0 Å². The third kappa shape index (κ3) is 4.18. The summed E-state index contributed by atoms with van der Waals surface area (Å²) in [6.07, 6.45) is 5.60. The molecule has 0 aliphatic carbocycles. The summed E-state index contributed by atoms with van der Waals surface area (Å²) in [5, 5.41) is 9.39. The quantitative estimate of drug-likeness (QED) is 0.192. The van der Waals surface area contributed by atoms with Gasteiger partial charge in [-0.3, -0.25) is 4.98 Å². The summed E-state index contributed by atoms with van der Waals surface area (Å²) in [5.74, 6) is 0. The summed E-state index contributed by atoms with van der Waals surface area (Å²) in [6.45, 7) is 0. The van der Waals surface area contributed by atoms with Crippen LogP contribution in [0.25, 0.3) is 80.7 Å². The number of para-hydroxylation sites is 2. The van der Waals surface area contributed by atoms with Crippen LogP contribution in [0.1, 0.15) is 0 Å². The van der Waals surface area contributed by atoms with Gasteiger partial charge in [-0.2, -0.15) is 0 Å². The molecule has 8 heteroatoms. The minimum Gasteiger partial charge on any atom is -0.308 e. The molecule has 5 nitrogen and oxygen atoms in total. The molecular weight excluding hydrogens is 599 g/mol. The van der Waals surface area contributed by atoms with E-state index in [9.17, 15) is 0 Å². The van der Waals surface area contributed by atoms with Crippen LogP contribution >= 0.6 is 34.0 Å². The van der Waals surface area contributed by atoms with E-state index >= 15 is 0 Å². The minimum absolute atomic E-state index is 0.910. The monoisotopic (exact) mass is 619 g/mol. The third-order valence-electron chi connectivity index (χ3n) is 7.85. The number of aromatic nitrogens is 5. The standard InChI is InChI=1S/C36H21N5S3/c1-3-7-30-25(5-1)26-12-10-23(35-40-29-6-2-4-8-33(29)44-35)20-31(26)41(30)32-19-22(9-13-27(32)36-38-16-18-43-36)28-14-11-24(21-39-28)34-37-15-17-42-34/h1-21H. The van der Waals surface area contributed by atoms with Crippen LogP contribution < -0.4 is 0 Å². The molecule has 0 saturated carbocycles. The second-order valence-electron chi connectivity index (χ2n) is 10.4. The highest BCUT2D eigenvalue weighted by molar-refractivity contribution is 7.21. The summed E-state index contributed by atoms with van der Waals surface area (Å²) in [4.78, 5) is 19.0. The fourth-order valence-corrected chi connectivity index (χ4v) is 8.09. The van der Waals surface area contributed by atoms with E-state index in [-0.39, 0.29) is 0 Å². The molecule has 44 heavy (non-hydrogen) atoms. The molecule has 0 spiro atoms. The molecule has 0 atom stereocenters. The molecule has 0 aliphatic rings. The molecule has 0 bridgehead atoms. The van der Waals surface area contributed by atoms with E-state index in [0.717, 1.165) is 65.2 Å². The molecule has 0 radical (unpaired) electrons. The summed E-state index contributed by atoms with van der Waals surface area (Å²) in [6, 6.07) is 34.4. The second-order valence-corrected chi connectivity index (χ2v) is 13.2. The summed E-state index contributed by atoms with van der Waals surface area (Å²) in [5.41, 5.74) is 9.53. The molecule has 4 aromatic carbocycles. The normalized spacial score (nSPS) is 11.6. The van der Waals surface area contributed by atoms with E-state index in [0.29, 0.717) is 0 Å². The van der Waals surface area contributed by atoms with Gasteiger partial charge in [0, 0.05) is 62.4 Å². The number of hydrogen-bond donors (Lipinski definition) is 0. The first kappa shape index (κ1) is 25.5. The molecule has 5 aromatic heterocycles. The predicted octanol–water partition coefficient (Wildman–Crippen LogP) is 10.4. The van der Waals surface area contributed by atoms with Crippen LogP contribution in [0.3, 0.4) is 0 Å². The molecule has 9 rings (SSSR count). The summed E-state index contributed by atoms with van der Waals surface area (Å²) >= 11 is 4.99. The molecule has 0 aliphatic heterocycles. The van der Waals surface area contributed by atoms with Gasteiger partial charge in [0.2, 0.25) is 0 Å². The van der Waals surface area contributed by atoms with Gasteiger partial charge >= 0.3 is 0 Å². The fraction of sp³-hybridized carbons (Fsp3) is 0. The zero-order valence-electron chi connectivity index (χ0n) is 23.1. The summed E-state index contributed by atoms with van der Waals surface area (Å²) < 4.78 is 3.57. The number of thiazole rings is 3. The van der Waals surface area contributed by atoms with Gasteiger partial charge in [0.15, 0.2) is 0 Å². The van der Waals surface area contributed by atoms with E-state index < -0.39 is 0 Å². The van der Waals surface area contributed by atoms with Crippen LogP contribution in [0.4, 0.5) is 0 Å². The van der Waals surface area contributed by atoms with E-state index in [1.807, 2.05) is 35.4 Å². The first-order valence-corrected chi connectivity index (χ1v) is 16.7. The molecule has 9 aromatic rings. The van der Waals surface area contributed by atoms with Crippen LogP contribution in [0, 0.1) is 0 Å². The Morgan fingerprint density at radius 2 is 1.34 bits per heavy atom. The lowest BCUT2D eigenvalue weighted by molar-refractivity contribution is 1.18. The van der Waals surface area contributed by atoms with Gasteiger partial charge in [-0.1, -0.05) is 48.5 Å². The smallest absolute Gasteiger partial charge is 0.125 e. The van der Waals surface area contributed by atoms with Crippen molar-refractivity contribution in [2.24, 2.45) is 0 Å². The van der Waals surface area contributed by atoms with Crippen molar-refractivity contribution in [1.82, 2.24) is 24.5 Å². The van der Waals surface area contributed by atoms with Crippen LogP contribution in [-0.2, 0) is 0 Å². The number of rotatable bonds is 5. The Hall–Kier alpha value is -5.02. The van der Waals surface area contributed by atoms with Crippen LogP contribution in [0.2, 0.25) is 0 Å². The maximum Gasteiger partial charge on any atom is 0.125 e. The van der Waals surface area contributed by atoms with Crippen molar-refractivity contribution in [2.45, 2.75) is 0 Å². The van der Waals surface area contributed by atoms with E-state index in [1.54, 1.807) is 34.0 Å². The molecule has 5 heterocycles. The fourth-order valence-electron chi connectivity index (χ4n) is 5.83. The van der Waals surface area contributed by atoms with Gasteiger partial charge < -0.3 is 4.57 Å². The van der Waals surface area contributed by atoms with Crippen molar-refractivity contribution in [3.63, 3.8) is 0 Å². The second kappa shape index (κ2) is 10.3. The predicted molar refractivity (Wildman–Crippen MR) is 185 cm³/mol. The van der Waals surface area contributed by atoms with Gasteiger partial charge in [0.25, 0.3) is 0 Å². The molecule has 0 amide bonds. The lowest BCUT2D eigenvalue weighted by atomic mass is 10.0. The van der Waals surface area contributed by atoms with Crippen molar-refractivity contribution >= 4 is 66.0 Å². The van der Waals surface area contributed by atoms with E-state index in [2.05, 4.69) is 101 Å². The van der Waals surface area contributed by atoms with Gasteiger partial charge in [0.1, 0.15) is 15.0 Å². The van der Waals surface area contributed by atoms with Crippen LogP contribution in [0.15, 0.2) is 126 Å². The molecule has 0 unspecified atom stereocenters. The average Bonchev–Trinajstić information content (AvgIpc) is 3.90. The number of nitrogens with zero attached hydrogens (tertiary/aromatic N) is 5. The molecule has 208 valence electrons. The largest absolute Gasteiger partial charge is 0.308 e. The highest BCUT2D eigenvalue weighted by Gasteiger charge is 2.19. The average molecular weight is 620 g/mol. The number of benzene rings is 4. The van der Waals surface area contributed by atoms with E-state index in [1.165, 1.54) is 15.5 Å². The summed E-state index contributed by atoms with van der Waals surface area (Å²) in [7, 11) is 0. The van der Waals surface area contributed by atoms with Crippen molar-refractivity contribution in [3.05, 3.63) is 126 Å². The highest BCUT2D eigenvalue weighted by Crippen LogP contribution is 2.40. The zero-order chi connectivity index (χ0) is 29.0. The van der Waals surface area contributed by atoms with Crippen LogP contribution in [-0.4, -0.2) is 24.5 Å². The minimum atomic E-state index is 0.910. The van der Waals surface area contributed by atoms with Gasteiger partial charge in [0.05, 0.1) is 32.6 Å². The molecular formula is C36H21N5S3. The number of fused-ring (bicyclic) bond motifs is 4. The lowest BCUT2D eigenvalue weighted by Gasteiger charge is -2.15. The Morgan fingerprint density at radius 1 is 0.568 bits per heavy atom. The Kier molecular flexibility index (Phi) is 5.97. The number of pyridine rings is 1. The van der Waals surface area contributed by atoms with Gasteiger partial charge in [-0.05, 0) is 48.5 Å². The molecule has 0 N–H and O–H groups in total. The van der Waals surface area contributed by atoms with Crippen molar-refractivity contribution in [2.75, 3.05) is 0 Å². The topological polar surface area (TPSA) is 56.5 Å². The Labute approximate surface area is 264 Å². The first-order chi connectivity index (χ1) is 21.8. The third-order valence-corrected chi connectivity index (χ3v) is 10.6. The lowest BCUT2D eigenvalue weighted by Crippen LogP contribution is -1.98. The van der Waals surface area contributed by atoms with Crippen molar-refractivity contribution in [1.29, 1.82) is 0 Å². The molecule has 0 saturated heterocycles. The van der Waals surface area contributed by atoms with Crippen molar-refractivity contribution in [3.8, 4) is 48.7 Å². The maximum absolute atomic E-state index is 4.97. The maximum atomic E-state index is 4.97. The van der Waals surface area contributed by atoms with E-state index in [4.69, 9.17) is 15.0 Å². The Bertz CT molecular complexity index is 2400. The first-order valence-electron chi connectivity index (χ1n) is 14.1. The van der Waals surface area contributed by atoms with Gasteiger partial charge in [-0.25, -0.2) is 15.0 Å².